The van der Waals surface area contributed by atoms with E-state index in [2.05, 4.69) is 15.3 Å². The number of halogens is 3. The molecular weight excluding hydrogens is 501 g/mol. The summed E-state index contributed by atoms with van der Waals surface area (Å²) in [5, 5.41) is 18.8. The van der Waals surface area contributed by atoms with Crippen LogP contribution in [0.1, 0.15) is 49.0 Å². The number of rotatable bonds is 9. The average Bonchev–Trinajstić information content (AvgIpc) is 3.67. The van der Waals surface area contributed by atoms with Crippen molar-refractivity contribution >= 4 is 11.5 Å². The number of hydrogen-bond acceptors (Lipinski definition) is 8. The number of nitrogens with zero attached hydrogens (tertiary/aromatic N) is 5. The standard InChI is InChI=1S/C26H29F3N6O3/c27-24(28)25(29)34-14-26(36,15-34)21-11-17(3-7-30-21)32-22-12-19(4-8-31-22)38-20-13-35(18-1-2-18)33-23(20)16-5-9-37-10-6-16/h3-4,7-8,11-13,16,18,24-25,36H,1-2,5-6,9-10,14-15H2,(H,30,31,32). The normalized spacial score (nSPS) is 20.8. The molecule has 202 valence electrons. The summed E-state index contributed by atoms with van der Waals surface area (Å²) < 4.78 is 52.7. The third-order valence-electron chi connectivity index (χ3n) is 7.21. The highest BCUT2D eigenvalue weighted by molar-refractivity contribution is 5.58. The van der Waals surface area contributed by atoms with E-state index in [1.165, 1.54) is 6.20 Å². The molecule has 1 unspecified atom stereocenters. The summed E-state index contributed by atoms with van der Waals surface area (Å²) in [5.41, 5.74) is 0.302. The van der Waals surface area contributed by atoms with E-state index in [1.54, 1.807) is 30.5 Å². The minimum absolute atomic E-state index is 0.263. The van der Waals surface area contributed by atoms with Crippen LogP contribution in [0, 0.1) is 0 Å². The van der Waals surface area contributed by atoms with Crippen molar-refractivity contribution in [3.05, 3.63) is 54.2 Å². The van der Waals surface area contributed by atoms with Gasteiger partial charge in [-0.05, 0) is 43.9 Å². The average molecular weight is 531 g/mol. The van der Waals surface area contributed by atoms with E-state index in [0.717, 1.165) is 42.0 Å². The Hall–Kier alpha value is -3.22. The summed E-state index contributed by atoms with van der Waals surface area (Å²) in [6, 6.07) is 7.26. The number of likely N-dealkylation sites (tertiary alicyclic amines) is 1. The number of ether oxygens (including phenoxy) is 2. The zero-order chi connectivity index (χ0) is 26.3. The van der Waals surface area contributed by atoms with Crippen LogP contribution in [0.15, 0.2) is 42.9 Å². The molecule has 38 heavy (non-hydrogen) atoms. The van der Waals surface area contributed by atoms with E-state index in [9.17, 15) is 18.3 Å². The highest BCUT2D eigenvalue weighted by Gasteiger charge is 2.49. The second-order valence-corrected chi connectivity index (χ2v) is 10.2. The summed E-state index contributed by atoms with van der Waals surface area (Å²) in [6.07, 6.45) is 3.62. The maximum atomic E-state index is 13.6. The van der Waals surface area contributed by atoms with Crippen LogP contribution in [0.4, 0.5) is 24.7 Å². The molecule has 0 radical (unpaired) electrons. The summed E-state index contributed by atoms with van der Waals surface area (Å²) in [7, 11) is 0. The first-order valence-corrected chi connectivity index (χ1v) is 12.8. The molecule has 2 N–H and O–H groups in total. The summed E-state index contributed by atoms with van der Waals surface area (Å²) in [6.45, 7) is 0.901. The highest BCUT2D eigenvalue weighted by Crippen LogP contribution is 2.41. The minimum atomic E-state index is -3.13. The van der Waals surface area contributed by atoms with Gasteiger partial charge in [-0.2, -0.15) is 5.10 Å². The molecule has 3 aromatic rings. The van der Waals surface area contributed by atoms with Crippen molar-refractivity contribution in [1.82, 2.24) is 24.6 Å². The predicted molar refractivity (Wildman–Crippen MR) is 131 cm³/mol. The van der Waals surface area contributed by atoms with E-state index in [4.69, 9.17) is 14.6 Å². The lowest BCUT2D eigenvalue weighted by atomic mass is 9.89. The summed E-state index contributed by atoms with van der Waals surface area (Å²) in [4.78, 5) is 9.42. The Balaban J connectivity index is 1.16. The SMILES string of the molecule is OC1(c2cc(Nc3cc(Oc4cn(C5CC5)nc4C4CCOCC4)ccn3)ccn2)CN(C(F)C(F)F)C1. The van der Waals surface area contributed by atoms with Gasteiger partial charge in [0.2, 0.25) is 6.30 Å². The van der Waals surface area contributed by atoms with E-state index in [-0.39, 0.29) is 24.7 Å². The largest absolute Gasteiger partial charge is 0.454 e. The Kier molecular flexibility index (Phi) is 6.70. The van der Waals surface area contributed by atoms with Crippen LogP contribution in [-0.2, 0) is 10.3 Å². The molecule has 5 heterocycles. The monoisotopic (exact) mass is 530 g/mol. The van der Waals surface area contributed by atoms with Gasteiger partial charge in [0.15, 0.2) is 5.75 Å². The molecule has 2 aliphatic heterocycles. The lowest BCUT2D eigenvalue weighted by molar-refractivity contribution is -0.176. The van der Waals surface area contributed by atoms with Crippen LogP contribution in [0.2, 0.25) is 0 Å². The highest BCUT2D eigenvalue weighted by atomic mass is 19.3. The number of β-amino-alcohol motifs (C(OH)–C–C–N with tert-alkyl or cyclic N) is 1. The molecule has 9 nitrogen and oxygen atoms in total. The molecule has 0 bridgehead atoms. The maximum absolute atomic E-state index is 13.6. The topological polar surface area (TPSA) is 97.6 Å². The Morgan fingerprint density at radius 3 is 2.55 bits per heavy atom. The first-order valence-electron chi connectivity index (χ1n) is 12.8. The van der Waals surface area contributed by atoms with E-state index < -0.39 is 18.3 Å². The fourth-order valence-corrected chi connectivity index (χ4v) is 4.95. The van der Waals surface area contributed by atoms with Crippen LogP contribution in [0.3, 0.4) is 0 Å². The molecule has 2 saturated heterocycles. The number of nitrogens with one attached hydrogen (secondary N) is 1. The molecule has 3 fully saturated rings. The minimum Gasteiger partial charge on any atom is -0.454 e. The fraction of sp³-hybridized carbons (Fsp3) is 0.500. The van der Waals surface area contributed by atoms with Crippen molar-refractivity contribution < 1.29 is 27.8 Å². The van der Waals surface area contributed by atoms with Gasteiger partial charge >= 0.3 is 0 Å². The summed E-state index contributed by atoms with van der Waals surface area (Å²) in [5.74, 6) is 2.12. The summed E-state index contributed by atoms with van der Waals surface area (Å²) >= 11 is 0. The van der Waals surface area contributed by atoms with Gasteiger partial charge in [-0.3, -0.25) is 14.6 Å². The molecule has 1 atom stereocenters. The molecular formula is C26H29F3N6O3. The van der Waals surface area contributed by atoms with Crippen LogP contribution >= 0.6 is 0 Å². The number of hydrogen-bond donors (Lipinski definition) is 2. The van der Waals surface area contributed by atoms with Crippen molar-refractivity contribution in [2.24, 2.45) is 0 Å². The van der Waals surface area contributed by atoms with Crippen molar-refractivity contribution in [2.75, 3.05) is 31.6 Å². The van der Waals surface area contributed by atoms with Crippen molar-refractivity contribution in [2.45, 2.75) is 56.0 Å². The quantitative estimate of drug-likeness (QED) is 0.391. The van der Waals surface area contributed by atoms with Crippen molar-refractivity contribution in [3.8, 4) is 11.5 Å². The zero-order valence-electron chi connectivity index (χ0n) is 20.6. The molecule has 0 spiro atoms. The van der Waals surface area contributed by atoms with Crippen molar-refractivity contribution in [1.29, 1.82) is 0 Å². The zero-order valence-corrected chi connectivity index (χ0v) is 20.6. The van der Waals surface area contributed by atoms with Gasteiger partial charge in [-0.1, -0.05) is 0 Å². The molecule has 0 aromatic carbocycles. The Morgan fingerprint density at radius 2 is 1.82 bits per heavy atom. The molecule has 3 aromatic heterocycles. The van der Waals surface area contributed by atoms with Gasteiger partial charge in [0.25, 0.3) is 6.43 Å². The number of pyridine rings is 2. The lowest BCUT2D eigenvalue weighted by Crippen LogP contribution is -2.63. The Morgan fingerprint density at radius 1 is 1.05 bits per heavy atom. The van der Waals surface area contributed by atoms with Gasteiger partial charge in [0.05, 0.1) is 17.9 Å². The second kappa shape index (κ2) is 10.2. The number of aliphatic hydroxyl groups is 1. The Bertz CT molecular complexity index is 1270. The molecule has 0 amide bonds. The van der Waals surface area contributed by atoms with Gasteiger partial charge < -0.3 is 19.9 Å². The molecule has 12 heteroatoms. The Labute approximate surface area is 217 Å². The van der Waals surface area contributed by atoms with Gasteiger partial charge in [-0.25, -0.2) is 18.2 Å². The van der Waals surface area contributed by atoms with Gasteiger partial charge in [0, 0.05) is 56.4 Å². The second-order valence-electron chi connectivity index (χ2n) is 10.2. The third kappa shape index (κ3) is 5.20. The van der Waals surface area contributed by atoms with Crippen LogP contribution in [-0.4, -0.2) is 68.8 Å². The van der Waals surface area contributed by atoms with Crippen LogP contribution in [0.25, 0.3) is 0 Å². The van der Waals surface area contributed by atoms with Crippen molar-refractivity contribution in [3.63, 3.8) is 0 Å². The molecule has 1 aliphatic carbocycles. The van der Waals surface area contributed by atoms with E-state index in [0.29, 0.717) is 36.5 Å². The first kappa shape index (κ1) is 25.1. The number of alkyl halides is 3. The fourth-order valence-electron chi connectivity index (χ4n) is 4.95. The van der Waals surface area contributed by atoms with Gasteiger partial charge in [0.1, 0.15) is 22.9 Å². The molecule has 6 rings (SSSR count). The third-order valence-corrected chi connectivity index (χ3v) is 7.21. The maximum Gasteiger partial charge on any atom is 0.282 e. The van der Waals surface area contributed by atoms with Gasteiger partial charge in [-0.15, -0.1) is 0 Å². The number of anilines is 2. The first-order chi connectivity index (χ1) is 18.4. The van der Waals surface area contributed by atoms with Crippen LogP contribution < -0.4 is 10.1 Å². The van der Waals surface area contributed by atoms with E-state index >= 15 is 0 Å². The molecule has 1 saturated carbocycles. The lowest BCUT2D eigenvalue weighted by Gasteiger charge is -2.47. The molecule has 3 aliphatic rings. The smallest absolute Gasteiger partial charge is 0.282 e. The number of aromatic nitrogens is 4. The van der Waals surface area contributed by atoms with E-state index in [1.807, 2.05) is 10.9 Å². The predicted octanol–water partition coefficient (Wildman–Crippen LogP) is 4.50. The van der Waals surface area contributed by atoms with Crippen LogP contribution in [0.5, 0.6) is 11.5 Å².